The van der Waals surface area contributed by atoms with Gasteiger partial charge in [-0.05, 0) is 30.7 Å². The number of halogens is 4. The van der Waals surface area contributed by atoms with Gasteiger partial charge in [0.2, 0.25) is 0 Å². The Kier molecular flexibility index (Phi) is 6.79. The average molecular weight is 400 g/mol. The van der Waals surface area contributed by atoms with Crippen LogP contribution in [0.15, 0.2) is 36.7 Å². The lowest BCUT2D eigenvalue weighted by Gasteiger charge is -2.12. The van der Waals surface area contributed by atoms with Gasteiger partial charge in [-0.2, -0.15) is 13.2 Å². The Morgan fingerprint density at radius 2 is 1.78 bits per heavy atom. The maximum atomic E-state index is 12.9. The molecule has 0 bridgehead atoms. The molecule has 0 radical (unpaired) electrons. The van der Waals surface area contributed by atoms with Crippen LogP contribution in [0.25, 0.3) is 0 Å². The Morgan fingerprint density at radius 3 is 2.41 bits per heavy atom. The number of carbonyl (C=O) groups is 2. The molecule has 5 nitrogen and oxygen atoms in total. The van der Waals surface area contributed by atoms with E-state index in [9.17, 15) is 22.8 Å². The summed E-state index contributed by atoms with van der Waals surface area (Å²) in [6.45, 7) is 2.48. The minimum atomic E-state index is -4.64. The highest BCUT2D eigenvalue weighted by Crippen LogP contribution is 2.36. The van der Waals surface area contributed by atoms with E-state index in [0.717, 1.165) is 25.0 Å². The van der Waals surface area contributed by atoms with E-state index in [-0.39, 0.29) is 22.7 Å². The highest BCUT2D eigenvalue weighted by molar-refractivity contribution is 6.31. The summed E-state index contributed by atoms with van der Waals surface area (Å²) in [5, 5.41) is 4.58. The third-order valence-corrected chi connectivity index (χ3v) is 3.94. The van der Waals surface area contributed by atoms with Gasteiger partial charge < -0.3 is 10.6 Å². The van der Waals surface area contributed by atoms with Crippen molar-refractivity contribution in [3.63, 3.8) is 0 Å². The van der Waals surface area contributed by atoms with E-state index in [4.69, 9.17) is 11.6 Å². The van der Waals surface area contributed by atoms with Crippen LogP contribution in [0.5, 0.6) is 0 Å². The largest absolute Gasteiger partial charge is 0.417 e. The van der Waals surface area contributed by atoms with Crippen LogP contribution in [-0.4, -0.2) is 23.3 Å². The zero-order chi connectivity index (χ0) is 20.0. The first kappa shape index (κ1) is 20.7. The van der Waals surface area contributed by atoms with Crippen molar-refractivity contribution in [3.8, 4) is 0 Å². The Balaban J connectivity index is 2.15. The molecule has 0 aliphatic carbocycles. The molecule has 2 amide bonds. The molecule has 9 heteroatoms. The zero-order valence-electron chi connectivity index (χ0n) is 14.4. The maximum absolute atomic E-state index is 12.9. The molecule has 144 valence electrons. The number of aromatic nitrogens is 1. The summed E-state index contributed by atoms with van der Waals surface area (Å²) in [5.41, 5.74) is -0.897. The molecule has 27 heavy (non-hydrogen) atoms. The zero-order valence-corrected chi connectivity index (χ0v) is 15.1. The summed E-state index contributed by atoms with van der Waals surface area (Å²) in [6, 6.07) is 4.37. The number of amides is 2. The van der Waals surface area contributed by atoms with Crippen LogP contribution in [0.3, 0.4) is 0 Å². The van der Waals surface area contributed by atoms with Crippen molar-refractivity contribution in [2.75, 3.05) is 11.9 Å². The molecule has 0 fully saturated rings. The number of pyridine rings is 1. The summed E-state index contributed by atoms with van der Waals surface area (Å²) in [6.07, 6.45) is -0.379. The van der Waals surface area contributed by atoms with Gasteiger partial charge in [0.1, 0.15) is 0 Å². The van der Waals surface area contributed by atoms with E-state index in [1.807, 2.05) is 6.92 Å². The molecular formula is C18H17ClF3N3O2. The summed E-state index contributed by atoms with van der Waals surface area (Å²) < 4.78 is 38.7. The lowest BCUT2D eigenvalue weighted by molar-refractivity contribution is -0.137. The summed E-state index contributed by atoms with van der Waals surface area (Å²) in [4.78, 5) is 28.2. The Labute approximate surface area is 158 Å². The van der Waals surface area contributed by atoms with Crippen molar-refractivity contribution >= 4 is 29.1 Å². The molecule has 1 heterocycles. The number of hydrogen-bond donors (Lipinski definition) is 2. The average Bonchev–Trinajstić information content (AvgIpc) is 2.62. The third kappa shape index (κ3) is 5.68. The number of rotatable bonds is 6. The number of unbranched alkanes of at least 4 members (excludes halogenated alkanes) is 1. The van der Waals surface area contributed by atoms with Crippen molar-refractivity contribution in [1.29, 1.82) is 0 Å². The van der Waals surface area contributed by atoms with E-state index in [1.54, 1.807) is 0 Å². The molecule has 2 rings (SSSR count). The van der Waals surface area contributed by atoms with Crippen molar-refractivity contribution in [1.82, 2.24) is 10.3 Å². The number of benzene rings is 1. The van der Waals surface area contributed by atoms with E-state index < -0.39 is 22.7 Å². The van der Waals surface area contributed by atoms with Gasteiger partial charge in [0.05, 0.1) is 21.7 Å². The second-order valence-electron chi connectivity index (χ2n) is 5.72. The monoisotopic (exact) mass is 399 g/mol. The number of nitrogens with zero attached hydrogens (tertiary/aromatic N) is 1. The highest BCUT2D eigenvalue weighted by atomic mass is 35.5. The lowest BCUT2D eigenvalue weighted by Crippen LogP contribution is -2.25. The van der Waals surface area contributed by atoms with Crippen LogP contribution in [0, 0.1) is 0 Å². The van der Waals surface area contributed by atoms with Gasteiger partial charge in [-0.1, -0.05) is 24.9 Å². The van der Waals surface area contributed by atoms with Gasteiger partial charge in [-0.3, -0.25) is 14.6 Å². The van der Waals surface area contributed by atoms with Crippen molar-refractivity contribution < 1.29 is 22.8 Å². The summed E-state index contributed by atoms with van der Waals surface area (Å²) >= 11 is 5.55. The fourth-order valence-electron chi connectivity index (χ4n) is 2.19. The minimum absolute atomic E-state index is 0.0432. The van der Waals surface area contributed by atoms with Crippen LogP contribution in [0.2, 0.25) is 5.02 Å². The molecule has 0 aliphatic rings. The number of nitrogens with one attached hydrogen (secondary N) is 2. The molecule has 0 spiro atoms. The van der Waals surface area contributed by atoms with Crippen LogP contribution in [-0.2, 0) is 6.18 Å². The van der Waals surface area contributed by atoms with Gasteiger partial charge in [0, 0.05) is 24.6 Å². The molecular weight excluding hydrogens is 383 g/mol. The number of hydrogen-bond acceptors (Lipinski definition) is 3. The van der Waals surface area contributed by atoms with Crippen molar-refractivity contribution in [3.05, 3.63) is 58.4 Å². The van der Waals surface area contributed by atoms with Crippen LogP contribution < -0.4 is 10.6 Å². The van der Waals surface area contributed by atoms with E-state index >= 15 is 0 Å². The fourth-order valence-corrected chi connectivity index (χ4v) is 2.42. The van der Waals surface area contributed by atoms with Gasteiger partial charge >= 0.3 is 6.18 Å². The second-order valence-corrected chi connectivity index (χ2v) is 6.13. The molecule has 0 saturated carbocycles. The summed E-state index contributed by atoms with van der Waals surface area (Å²) in [7, 11) is 0. The minimum Gasteiger partial charge on any atom is -0.352 e. The third-order valence-electron chi connectivity index (χ3n) is 3.61. The van der Waals surface area contributed by atoms with Crippen molar-refractivity contribution in [2.24, 2.45) is 0 Å². The van der Waals surface area contributed by atoms with Gasteiger partial charge in [0.25, 0.3) is 11.8 Å². The SMILES string of the molecule is CCCCNC(=O)c1cncc(C(=O)Nc2ccc(Cl)c(C(F)(F)F)c2)c1. The predicted molar refractivity (Wildman–Crippen MR) is 95.9 cm³/mol. The fraction of sp³-hybridized carbons (Fsp3) is 0.278. The molecule has 1 aromatic carbocycles. The molecule has 2 aromatic rings. The second kappa shape index (κ2) is 8.85. The lowest BCUT2D eigenvalue weighted by atomic mass is 10.1. The van der Waals surface area contributed by atoms with Gasteiger partial charge in [-0.25, -0.2) is 0 Å². The predicted octanol–water partition coefficient (Wildman–Crippen LogP) is 4.54. The van der Waals surface area contributed by atoms with E-state index in [0.29, 0.717) is 6.54 Å². The molecule has 1 aromatic heterocycles. The van der Waals surface area contributed by atoms with Gasteiger partial charge in [-0.15, -0.1) is 0 Å². The number of anilines is 1. The van der Waals surface area contributed by atoms with Crippen LogP contribution in [0.1, 0.15) is 46.0 Å². The molecule has 2 N–H and O–H groups in total. The summed E-state index contributed by atoms with van der Waals surface area (Å²) in [5.74, 6) is -1.07. The van der Waals surface area contributed by atoms with E-state index in [2.05, 4.69) is 15.6 Å². The highest BCUT2D eigenvalue weighted by Gasteiger charge is 2.33. The Bertz CT molecular complexity index is 841. The number of alkyl halides is 3. The smallest absolute Gasteiger partial charge is 0.352 e. The maximum Gasteiger partial charge on any atom is 0.417 e. The first-order valence-corrected chi connectivity index (χ1v) is 8.51. The topological polar surface area (TPSA) is 71.1 Å². The van der Waals surface area contributed by atoms with Crippen LogP contribution in [0.4, 0.5) is 18.9 Å². The van der Waals surface area contributed by atoms with Crippen molar-refractivity contribution in [2.45, 2.75) is 25.9 Å². The quantitative estimate of drug-likeness (QED) is 0.701. The standard InChI is InChI=1S/C18H17ClF3N3O2/c1-2-3-6-24-16(26)11-7-12(10-23-9-11)17(27)25-13-4-5-15(19)14(8-13)18(20,21)22/h4-5,7-10H,2-3,6H2,1H3,(H,24,26)(H,25,27). The first-order valence-electron chi connectivity index (χ1n) is 8.13. The Hall–Kier alpha value is -2.61. The Morgan fingerprint density at radius 1 is 1.11 bits per heavy atom. The molecule has 0 unspecified atom stereocenters. The first-order chi connectivity index (χ1) is 12.7. The molecule has 0 saturated heterocycles. The number of carbonyl (C=O) groups excluding carboxylic acids is 2. The van der Waals surface area contributed by atoms with Gasteiger partial charge in [0.15, 0.2) is 0 Å². The van der Waals surface area contributed by atoms with Crippen LogP contribution >= 0.6 is 11.6 Å². The normalized spacial score (nSPS) is 11.1. The van der Waals surface area contributed by atoms with E-state index in [1.165, 1.54) is 24.5 Å². The molecule has 0 aliphatic heterocycles. The molecule has 0 atom stereocenters.